The highest BCUT2D eigenvalue weighted by Gasteiger charge is 2.10. The summed E-state index contributed by atoms with van der Waals surface area (Å²) >= 11 is 8.07. The van der Waals surface area contributed by atoms with Crippen LogP contribution in [0.2, 0.25) is 5.02 Å². The normalized spacial score (nSPS) is 14.4. The molecule has 1 aliphatic carbocycles. The van der Waals surface area contributed by atoms with Gasteiger partial charge < -0.3 is 0 Å². The quantitative estimate of drug-likeness (QED) is 0.613. The summed E-state index contributed by atoms with van der Waals surface area (Å²) in [5.74, 6) is 0. The van der Waals surface area contributed by atoms with Crippen LogP contribution in [-0.4, -0.2) is 0 Å². The van der Waals surface area contributed by atoms with E-state index in [0.717, 1.165) is 11.4 Å². The molecule has 0 spiro atoms. The Labute approximate surface area is 93.9 Å². The molecule has 1 heterocycles. The van der Waals surface area contributed by atoms with Gasteiger partial charge in [-0.05, 0) is 42.7 Å². The van der Waals surface area contributed by atoms with Crippen molar-refractivity contribution in [3.63, 3.8) is 0 Å². The topological polar surface area (TPSA) is 0 Å². The average Bonchev–Trinajstić information content (AvgIpc) is 2.30. The van der Waals surface area contributed by atoms with Gasteiger partial charge in [-0.15, -0.1) is 11.3 Å². The Morgan fingerprint density at radius 1 is 1.07 bits per heavy atom. The number of hydrogen-bond acceptors (Lipinski definition) is 1. The van der Waals surface area contributed by atoms with Crippen molar-refractivity contribution in [3.05, 3.63) is 45.1 Å². The van der Waals surface area contributed by atoms with Crippen LogP contribution in [0.4, 0.5) is 0 Å². The van der Waals surface area contributed by atoms with Crippen LogP contribution in [0, 0.1) is 0 Å². The van der Waals surface area contributed by atoms with Crippen LogP contribution in [-0.2, 0) is 12.8 Å². The summed E-state index contributed by atoms with van der Waals surface area (Å²) in [7, 11) is 0. The van der Waals surface area contributed by atoms with E-state index in [-0.39, 0.29) is 0 Å². The van der Waals surface area contributed by atoms with Crippen LogP contribution in [0.3, 0.4) is 0 Å². The number of rotatable bonds is 0. The van der Waals surface area contributed by atoms with E-state index in [4.69, 9.17) is 11.6 Å². The molecule has 0 aromatic carbocycles. The molecule has 0 unspecified atom stereocenters. The fourth-order valence-corrected chi connectivity index (χ4v) is 3.02. The lowest BCUT2D eigenvalue weighted by atomic mass is 9.99. The zero-order chi connectivity index (χ0) is 9.80. The third kappa shape index (κ3) is 2.28. The highest BCUT2D eigenvalue weighted by molar-refractivity contribution is 7.09. The van der Waals surface area contributed by atoms with Crippen molar-refractivity contribution in [2.24, 2.45) is 0 Å². The van der Waals surface area contributed by atoms with Gasteiger partial charge in [0.25, 0.3) is 0 Å². The molecule has 14 heavy (non-hydrogen) atoms. The molecule has 1 aromatic heterocycles. The molecular formula is C12H13ClS. The van der Waals surface area contributed by atoms with Gasteiger partial charge in [0.15, 0.2) is 0 Å². The third-order valence-electron chi connectivity index (χ3n) is 2.46. The Bertz CT molecular complexity index is 367. The Hall–Kier alpha value is -0.530. The van der Waals surface area contributed by atoms with Crippen molar-refractivity contribution in [2.75, 3.05) is 0 Å². The van der Waals surface area contributed by atoms with E-state index in [9.17, 15) is 0 Å². The van der Waals surface area contributed by atoms with Crippen LogP contribution >= 0.6 is 22.9 Å². The second kappa shape index (κ2) is 4.81. The van der Waals surface area contributed by atoms with Gasteiger partial charge in [-0.3, -0.25) is 0 Å². The summed E-state index contributed by atoms with van der Waals surface area (Å²) in [5, 5.41) is 3.06. The van der Waals surface area contributed by atoms with E-state index in [0.29, 0.717) is 0 Å². The summed E-state index contributed by atoms with van der Waals surface area (Å²) in [5.41, 5.74) is 1.36. The third-order valence-corrected chi connectivity index (χ3v) is 3.84. The monoisotopic (exact) mass is 224 g/mol. The van der Waals surface area contributed by atoms with Gasteiger partial charge in [0.2, 0.25) is 0 Å². The van der Waals surface area contributed by atoms with Crippen LogP contribution in [0.15, 0.2) is 29.6 Å². The summed E-state index contributed by atoms with van der Waals surface area (Å²) in [4.78, 5) is 1.46. The standard InChI is InChI=1S/C12H13ClS/c13-11-7-2-1-5-9-14-12-8-4-3-6-10(11)12/h1-2,5,7,9H,3-4,6,8H2. The lowest BCUT2D eigenvalue weighted by molar-refractivity contribution is 0.696. The molecule has 0 fully saturated rings. The molecule has 0 atom stereocenters. The first kappa shape index (κ1) is 10.0. The molecule has 2 rings (SSSR count). The van der Waals surface area contributed by atoms with Crippen LogP contribution in [0.1, 0.15) is 23.3 Å². The van der Waals surface area contributed by atoms with E-state index < -0.39 is 0 Å². The SMILES string of the molecule is Clc1cccccsc2c1CCCC2. The minimum atomic E-state index is 0.923. The van der Waals surface area contributed by atoms with E-state index >= 15 is 0 Å². The van der Waals surface area contributed by atoms with Gasteiger partial charge in [0.05, 0.1) is 0 Å². The zero-order valence-corrected chi connectivity index (χ0v) is 9.57. The summed E-state index contributed by atoms with van der Waals surface area (Å²) < 4.78 is 0. The largest absolute Gasteiger partial charge is 0.149 e. The summed E-state index contributed by atoms with van der Waals surface area (Å²) in [6.45, 7) is 0. The minimum absolute atomic E-state index is 0.923. The van der Waals surface area contributed by atoms with E-state index in [2.05, 4.69) is 11.4 Å². The molecule has 0 saturated heterocycles. The highest BCUT2D eigenvalue weighted by atomic mass is 35.5. The molecule has 0 N–H and O–H groups in total. The zero-order valence-electron chi connectivity index (χ0n) is 8.00. The number of hydrogen-bond donors (Lipinski definition) is 0. The number of aryl methyl sites for hydroxylation is 1. The maximum Gasteiger partial charge on any atom is 0.0448 e. The predicted molar refractivity (Wildman–Crippen MR) is 63.6 cm³/mol. The smallest absolute Gasteiger partial charge is 0.0448 e. The van der Waals surface area contributed by atoms with Gasteiger partial charge in [-0.2, -0.15) is 0 Å². The first-order valence-corrected chi connectivity index (χ1v) is 6.22. The summed E-state index contributed by atoms with van der Waals surface area (Å²) in [6.07, 6.45) is 4.90. The van der Waals surface area contributed by atoms with E-state index in [1.165, 1.54) is 29.7 Å². The van der Waals surface area contributed by atoms with Gasteiger partial charge >= 0.3 is 0 Å². The molecule has 1 aromatic rings. The maximum absolute atomic E-state index is 6.25. The van der Waals surface area contributed by atoms with Crippen molar-refractivity contribution >= 4 is 22.9 Å². The van der Waals surface area contributed by atoms with Crippen LogP contribution < -0.4 is 0 Å². The first-order chi connectivity index (χ1) is 6.88. The molecule has 74 valence electrons. The molecule has 0 aliphatic heterocycles. The maximum atomic E-state index is 6.25. The number of halogens is 1. The van der Waals surface area contributed by atoms with Gasteiger partial charge in [-0.1, -0.05) is 29.8 Å². The van der Waals surface area contributed by atoms with Crippen molar-refractivity contribution in [1.82, 2.24) is 0 Å². The fourth-order valence-electron chi connectivity index (χ4n) is 1.73. The predicted octanol–water partition coefficient (Wildman–Crippen LogP) is 4.40. The minimum Gasteiger partial charge on any atom is -0.149 e. The molecule has 1 aliphatic rings. The number of fused-ring (bicyclic) bond motifs is 1. The molecule has 0 amide bonds. The molecule has 0 bridgehead atoms. The lowest BCUT2D eigenvalue weighted by Gasteiger charge is -2.13. The second-order valence-electron chi connectivity index (χ2n) is 3.45. The Balaban J connectivity index is 2.61. The molecule has 0 nitrogen and oxygen atoms in total. The highest BCUT2D eigenvalue weighted by Crippen LogP contribution is 2.27. The second-order valence-corrected chi connectivity index (χ2v) is 4.86. The van der Waals surface area contributed by atoms with Gasteiger partial charge in [-0.25, -0.2) is 0 Å². The van der Waals surface area contributed by atoms with E-state index in [1.807, 2.05) is 29.5 Å². The lowest BCUT2D eigenvalue weighted by Crippen LogP contribution is -1.99. The molecule has 2 heteroatoms. The van der Waals surface area contributed by atoms with Gasteiger partial charge in [0.1, 0.15) is 0 Å². The Morgan fingerprint density at radius 2 is 1.93 bits per heavy atom. The van der Waals surface area contributed by atoms with Crippen molar-refractivity contribution in [2.45, 2.75) is 25.7 Å². The van der Waals surface area contributed by atoms with Crippen molar-refractivity contribution in [1.29, 1.82) is 0 Å². The summed E-state index contributed by atoms with van der Waals surface area (Å²) in [6, 6.07) is 8.09. The fraction of sp³-hybridized carbons (Fsp3) is 0.333. The Morgan fingerprint density at radius 3 is 2.86 bits per heavy atom. The van der Waals surface area contributed by atoms with Crippen LogP contribution in [0.25, 0.3) is 0 Å². The average molecular weight is 225 g/mol. The molecule has 0 radical (unpaired) electrons. The van der Waals surface area contributed by atoms with E-state index in [1.54, 1.807) is 0 Å². The molecular weight excluding hydrogens is 212 g/mol. The van der Waals surface area contributed by atoms with Crippen LogP contribution in [0.5, 0.6) is 0 Å². The Kier molecular flexibility index (Phi) is 3.44. The van der Waals surface area contributed by atoms with Gasteiger partial charge in [0, 0.05) is 9.90 Å². The first-order valence-electron chi connectivity index (χ1n) is 4.96. The van der Waals surface area contributed by atoms with Crippen molar-refractivity contribution in [3.8, 4) is 0 Å². The molecule has 0 saturated carbocycles. The van der Waals surface area contributed by atoms with Crippen molar-refractivity contribution < 1.29 is 0 Å².